The Hall–Kier alpha value is -0.730. The third kappa shape index (κ3) is 2.72. The standard InChI is InChI=1S/C9H17NO2/c1-9(2,3)12-8(11)10(4)7-5-6-7/h7H,5-6H2,1-4H3. The number of nitrogens with zero attached hydrogens (tertiary/aromatic N) is 1. The predicted molar refractivity (Wildman–Crippen MR) is 47.0 cm³/mol. The number of rotatable bonds is 1. The zero-order valence-corrected chi connectivity index (χ0v) is 8.26. The van der Waals surface area contributed by atoms with Gasteiger partial charge >= 0.3 is 6.09 Å². The molecule has 1 saturated carbocycles. The molecule has 0 aromatic carbocycles. The molecule has 1 aliphatic rings. The molecule has 0 aliphatic heterocycles. The summed E-state index contributed by atoms with van der Waals surface area (Å²) in [5.74, 6) is 0. The fraction of sp³-hybridized carbons (Fsp3) is 0.889. The van der Waals surface area contributed by atoms with Crippen LogP contribution >= 0.6 is 0 Å². The number of carbonyl (C=O) groups excluding carboxylic acids is 1. The minimum atomic E-state index is -0.375. The molecular weight excluding hydrogens is 154 g/mol. The van der Waals surface area contributed by atoms with Gasteiger partial charge in [-0.3, -0.25) is 0 Å². The van der Waals surface area contributed by atoms with Crippen LogP contribution in [-0.2, 0) is 4.74 Å². The van der Waals surface area contributed by atoms with Crippen molar-refractivity contribution in [1.29, 1.82) is 0 Å². The van der Waals surface area contributed by atoms with Crippen molar-refractivity contribution in [2.75, 3.05) is 7.05 Å². The summed E-state index contributed by atoms with van der Waals surface area (Å²) in [6, 6.07) is 0.430. The van der Waals surface area contributed by atoms with Crippen LogP contribution in [-0.4, -0.2) is 29.7 Å². The van der Waals surface area contributed by atoms with Crippen molar-refractivity contribution >= 4 is 6.09 Å². The third-order valence-electron chi connectivity index (χ3n) is 1.78. The van der Waals surface area contributed by atoms with E-state index >= 15 is 0 Å². The lowest BCUT2D eigenvalue weighted by atomic mass is 10.2. The summed E-state index contributed by atoms with van der Waals surface area (Å²) < 4.78 is 5.19. The molecule has 0 saturated heterocycles. The van der Waals surface area contributed by atoms with Gasteiger partial charge in [-0.25, -0.2) is 4.79 Å². The number of carbonyl (C=O) groups is 1. The zero-order valence-electron chi connectivity index (χ0n) is 8.26. The van der Waals surface area contributed by atoms with E-state index in [9.17, 15) is 4.79 Å². The molecule has 0 aromatic rings. The second-order valence-electron chi connectivity index (χ2n) is 4.32. The fourth-order valence-electron chi connectivity index (χ4n) is 0.945. The van der Waals surface area contributed by atoms with E-state index in [2.05, 4.69) is 0 Å². The van der Waals surface area contributed by atoms with Crippen molar-refractivity contribution in [2.24, 2.45) is 0 Å². The maximum absolute atomic E-state index is 11.3. The van der Waals surface area contributed by atoms with E-state index in [4.69, 9.17) is 4.74 Å². The van der Waals surface area contributed by atoms with Crippen LogP contribution in [0.1, 0.15) is 33.6 Å². The van der Waals surface area contributed by atoms with Crippen LogP contribution in [0.5, 0.6) is 0 Å². The van der Waals surface area contributed by atoms with Gasteiger partial charge in [0.1, 0.15) is 5.60 Å². The van der Waals surface area contributed by atoms with Gasteiger partial charge in [-0.1, -0.05) is 0 Å². The first kappa shape index (κ1) is 9.36. The monoisotopic (exact) mass is 171 g/mol. The van der Waals surface area contributed by atoms with Crippen LogP contribution in [0.4, 0.5) is 4.79 Å². The molecule has 0 unspecified atom stereocenters. The first-order chi connectivity index (χ1) is 5.40. The van der Waals surface area contributed by atoms with Crippen LogP contribution in [0.3, 0.4) is 0 Å². The normalized spacial score (nSPS) is 17.3. The maximum atomic E-state index is 11.3. The minimum Gasteiger partial charge on any atom is -0.444 e. The molecule has 0 atom stereocenters. The first-order valence-electron chi connectivity index (χ1n) is 4.36. The highest BCUT2D eigenvalue weighted by atomic mass is 16.6. The Morgan fingerprint density at radius 2 is 1.92 bits per heavy atom. The topological polar surface area (TPSA) is 29.5 Å². The molecule has 0 heterocycles. The molecule has 1 rings (SSSR count). The molecule has 0 N–H and O–H groups in total. The fourth-order valence-corrected chi connectivity index (χ4v) is 0.945. The Morgan fingerprint density at radius 3 is 2.25 bits per heavy atom. The molecule has 3 heteroatoms. The highest BCUT2D eigenvalue weighted by Gasteiger charge is 2.32. The number of amides is 1. The molecule has 70 valence electrons. The van der Waals surface area contributed by atoms with E-state index in [1.165, 1.54) is 0 Å². The maximum Gasteiger partial charge on any atom is 0.410 e. The molecule has 12 heavy (non-hydrogen) atoms. The van der Waals surface area contributed by atoms with E-state index in [-0.39, 0.29) is 11.7 Å². The molecular formula is C9H17NO2. The van der Waals surface area contributed by atoms with Crippen molar-refractivity contribution in [3.05, 3.63) is 0 Å². The van der Waals surface area contributed by atoms with Crippen molar-refractivity contribution in [2.45, 2.75) is 45.3 Å². The Morgan fingerprint density at radius 1 is 1.42 bits per heavy atom. The van der Waals surface area contributed by atoms with Gasteiger partial charge in [0.2, 0.25) is 0 Å². The Balaban J connectivity index is 2.36. The quantitative estimate of drug-likeness (QED) is 0.604. The minimum absolute atomic E-state index is 0.204. The van der Waals surface area contributed by atoms with E-state index in [0.717, 1.165) is 12.8 Å². The molecule has 3 nitrogen and oxygen atoms in total. The molecule has 0 radical (unpaired) electrons. The summed E-state index contributed by atoms with van der Waals surface area (Å²) in [5.41, 5.74) is -0.375. The van der Waals surface area contributed by atoms with Crippen molar-refractivity contribution in [3.63, 3.8) is 0 Å². The van der Waals surface area contributed by atoms with Gasteiger partial charge in [-0.2, -0.15) is 0 Å². The van der Waals surface area contributed by atoms with E-state index in [0.29, 0.717) is 6.04 Å². The summed E-state index contributed by atoms with van der Waals surface area (Å²) in [7, 11) is 1.80. The third-order valence-corrected chi connectivity index (χ3v) is 1.78. The van der Waals surface area contributed by atoms with Gasteiger partial charge < -0.3 is 9.64 Å². The first-order valence-corrected chi connectivity index (χ1v) is 4.36. The SMILES string of the molecule is CN(C(=O)OC(C)(C)C)C1CC1. The average molecular weight is 171 g/mol. The zero-order chi connectivity index (χ0) is 9.35. The van der Waals surface area contributed by atoms with E-state index in [1.807, 2.05) is 20.8 Å². The van der Waals surface area contributed by atoms with Crippen molar-refractivity contribution in [1.82, 2.24) is 4.90 Å². The lowest BCUT2D eigenvalue weighted by molar-refractivity contribution is 0.0285. The molecule has 0 spiro atoms. The van der Waals surface area contributed by atoms with Gasteiger partial charge in [0, 0.05) is 13.1 Å². The van der Waals surface area contributed by atoms with Crippen molar-refractivity contribution < 1.29 is 9.53 Å². The molecule has 1 aliphatic carbocycles. The second kappa shape index (κ2) is 2.96. The van der Waals surface area contributed by atoms with E-state index < -0.39 is 0 Å². The van der Waals surface area contributed by atoms with Crippen LogP contribution in [0, 0.1) is 0 Å². The van der Waals surface area contributed by atoms with E-state index in [1.54, 1.807) is 11.9 Å². The molecule has 1 amide bonds. The van der Waals surface area contributed by atoms with Crippen LogP contribution < -0.4 is 0 Å². The summed E-state index contributed by atoms with van der Waals surface area (Å²) in [5, 5.41) is 0. The largest absolute Gasteiger partial charge is 0.444 e. The number of ether oxygens (including phenoxy) is 1. The Kier molecular flexibility index (Phi) is 2.31. The lowest BCUT2D eigenvalue weighted by Crippen LogP contribution is -2.35. The molecule has 0 bridgehead atoms. The van der Waals surface area contributed by atoms with Gasteiger partial charge in [0.15, 0.2) is 0 Å². The van der Waals surface area contributed by atoms with Gasteiger partial charge in [-0.15, -0.1) is 0 Å². The summed E-state index contributed by atoms with van der Waals surface area (Å²) in [4.78, 5) is 13.0. The van der Waals surface area contributed by atoms with Gasteiger partial charge in [-0.05, 0) is 33.6 Å². The summed E-state index contributed by atoms with van der Waals surface area (Å²) in [6.45, 7) is 5.64. The van der Waals surface area contributed by atoms with Gasteiger partial charge in [0.05, 0.1) is 0 Å². The highest BCUT2D eigenvalue weighted by Crippen LogP contribution is 2.26. The predicted octanol–water partition coefficient (Wildman–Crippen LogP) is 2.02. The smallest absolute Gasteiger partial charge is 0.410 e. The average Bonchev–Trinajstić information content (AvgIpc) is 2.62. The summed E-state index contributed by atoms with van der Waals surface area (Å²) in [6.07, 6.45) is 2.04. The lowest BCUT2D eigenvalue weighted by Gasteiger charge is -2.24. The molecule has 0 aromatic heterocycles. The highest BCUT2D eigenvalue weighted by molar-refractivity contribution is 5.68. The van der Waals surface area contributed by atoms with Crippen molar-refractivity contribution in [3.8, 4) is 0 Å². The second-order valence-corrected chi connectivity index (χ2v) is 4.32. The Labute approximate surface area is 73.7 Å². The molecule has 1 fully saturated rings. The Bertz CT molecular complexity index is 179. The number of hydrogen-bond acceptors (Lipinski definition) is 2. The van der Waals surface area contributed by atoms with Crippen LogP contribution in [0.25, 0.3) is 0 Å². The number of hydrogen-bond donors (Lipinski definition) is 0. The van der Waals surface area contributed by atoms with Crippen LogP contribution in [0.15, 0.2) is 0 Å². The van der Waals surface area contributed by atoms with Gasteiger partial charge in [0.25, 0.3) is 0 Å². The van der Waals surface area contributed by atoms with Crippen LogP contribution in [0.2, 0.25) is 0 Å². The summed E-state index contributed by atoms with van der Waals surface area (Å²) >= 11 is 0.